The molecule has 2 nitrogen and oxygen atoms in total. The second-order valence-corrected chi connectivity index (χ2v) is 2.56. The van der Waals surface area contributed by atoms with Crippen LogP contribution < -0.4 is 11.1 Å². The molecular weight excluding hydrogens is 167 g/mol. The van der Waals surface area contributed by atoms with Crippen molar-refractivity contribution in [3.8, 4) is 11.8 Å². The Morgan fingerprint density at radius 2 is 2.31 bits per heavy atom. The van der Waals surface area contributed by atoms with Crippen LogP contribution in [0.15, 0.2) is 18.2 Å². The lowest BCUT2D eigenvalue weighted by atomic mass is 10.2. The molecule has 0 fully saturated rings. The largest absolute Gasteiger partial charge is 0.398 e. The van der Waals surface area contributed by atoms with Crippen LogP contribution >= 0.6 is 0 Å². The minimum Gasteiger partial charge on any atom is -0.398 e. The molecule has 0 aromatic heterocycles. The third-order valence-electron chi connectivity index (χ3n) is 1.50. The van der Waals surface area contributed by atoms with E-state index in [-0.39, 0.29) is 5.82 Å². The Morgan fingerprint density at radius 1 is 1.54 bits per heavy atom. The van der Waals surface area contributed by atoms with Crippen LogP contribution in [0.2, 0.25) is 0 Å². The predicted molar refractivity (Wildman–Crippen MR) is 51.6 cm³/mol. The van der Waals surface area contributed by atoms with E-state index < -0.39 is 0 Å². The minimum absolute atomic E-state index is 0.336. The first-order valence-electron chi connectivity index (χ1n) is 3.92. The van der Waals surface area contributed by atoms with Gasteiger partial charge in [-0.3, -0.25) is 0 Å². The number of benzene rings is 1. The molecule has 0 aliphatic heterocycles. The zero-order valence-corrected chi connectivity index (χ0v) is 7.39. The van der Waals surface area contributed by atoms with E-state index in [0.717, 1.165) is 0 Å². The van der Waals surface area contributed by atoms with Gasteiger partial charge in [-0.15, -0.1) is 0 Å². The van der Waals surface area contributed by atoms with Gasteiger partial charge >= 0.3 is 0 Å². The van der Waals surface area contributed by atoms with Gasteiger partial charge in [0.1, 0.15) is 5.82 Å². The number of halogens is 1. The Balaban J connectivity index is 2.85. The number of hydrogen-bond donors (Lipinski definition) is 2. The Labute approximate surface area is 76.9 Å². The predicted octanol–water partition coefficient (Wildman–Crippen LogP) is 0.979. The lowest BCUT2D eigenvalue weighted by molar-refractivity contribution is 0.628. The highest BCUT2D eigenvalue weighted by Gasteiger charge is 1.96. The van der Waals surface area contributed by atoms with Crippen molar-refractivity contribution in [3.05, 3.63) is 29.6 Å². The van der Waals surface area contributed by atoms with E-state index in [0.29, 0.717) is 17.8 Å². The van der Waals surface area contributed by atoms with E-state index in [1.807, 2.05) is 7.05 Å². The number of nitrogens with two attached hydrogens (primary N) is 1. The summed E-state index contributed by atoms with van der Waals surface area (Å²) >= 11 is 0. The van der Waals surface area contributed by atoms with Gasteiger partial charge < -0.3 is 11.1 Å². The van der Waals surface area contributed by atoms with E-state index in [1.165, 1.54) is 12.1 Å². The van der Waals surface area contributed by atoms with Gasteiger partial charge in [0.2, 0.25) is 0 Å². The second kappa shape index (κ2) is 4.48. The lowest BCUT2D eigenvalue weighted by Gasteiger charge is -1.96. The number of nitrogen functional groups attached to an aromatic ring is 1. The molecule has 0 amide bonds. The zero-order chi connectivity index (χ0) is 9.68. The maximum Gasteiger partial charge on any atom is 0.125 e. The van der Waals surface area contributed by atoms with E-state index in [2.05, 4.69) is 17.2 Å². The van der Waals surface area contributed by atoms with Crippen LogP contribution in [0, 0.1) is 17.7 Å². The number of anilines is 1. The molecule has 1 rings (SSSR count). The summed E-state index contributed by atoms with van der Waals surface area (Å²) in [5.41, 5.74) is 6.58. The van der Waals surface area contributed by atoms with Gasteiger partial charge in [0.05, 0.1) is 12.2 Å². The van der Waals surface area contributed by atoms with Crippen LogP contribution in [0.4, 0.5) is 10.1 Å². The molecule has 0 unspecified atom stereocenters. The first kappa shape index (κ1) is 9.56. The SMILES string of the molecule is CNCC#Cc1ccc(F)cc1N. The van der Waals surface area contributed by atoms with E-state index in [4.69, 9.17) is 5.73 Å². The molecule has 0 saturated carbocycles. The molecule has 0 bridgehead atoms. The summed E-state index contributed by atoms with van der Waals surface area (Å²) in [4.78, 5) is 0. The molecule has 1 aromatic rings. The highest BCUT2D eigenvalue weighted by Crippen LogP contribution is 2.11. The summed E-state index contributed by atoms with van der Waals surface area (Å²) in [5, 5.41) is 2.88. The Kier molecular flexibility index (Phi) is 3.30. The van der Waals surface area contributed by atoms with Crippen molar-refractivity contribution < 1.29 is 4.39 Å². The Hall–Kier alpha value is -1.53. The van der Waals surface area contributed by atoms with Crippen LogP contribution in [0.3, 0.4) is 0 Å². The molecule has 3 N–H and O–H groups in total. The lowest BCUT2D eigenvalue weighted by Crippen LogP contribution is -2.04. The average Bonchev–Trinajstić information content (AvgIpc) is 2.09. The highest BCUT2D eigenvalue weighted by atomic mass is 19.1. The maximum absolute atomic E-state index is 12.6. The van der Waals surface area contributed by atoms with Crippen molar-refractivity contribution in [1.82, 2.24) is 5.32 Å². The number of nitrogens with one attached hydrogen (secondary N) is 1. The first-order valence-corrected chi connectivity index (χ1v) is 3.92. The van der Waals surface area contributed by atoms with Gasteiger partial charge in [0, 0.05) is 5.56 Å². The standard InChI is InChI=1S/C10H11FN2/c1-13-6-2-3-8-4-5-9(11)7-10(8)12/h4-5,7,13H,6,12H2,1H3. The fourth-order valence-corrected chi connectivity index (χ4v) is 0.875. The molecule has 0 aliphatic carbocycles. The molecule has 3 heteroatoms. The van der Waals surface area contributed by atoms with E-state index >= 15 is 0 Å². The second-order valence-electron chi connectivity index (χ2n) is 2.56. The molecule has 1 aromatic carbocycles. The molecule has 0 heterocycles. The Morgan fingerprint density at radius 3 is 2.92 bits per heavy atom. The van der Waals surface area contributed by atoms with Crippen LogP contribution in [-0.4, -0.2) is 13.6 Å². The van der Waals surface area contributed by atoms with E-state index in [1.54, 1.807) is 6.07 Å². The van der Waals surface area contributed by atoms with Crippen LogP contribution in [0.25, 0.3) is 0 Å². The van der Waals surface area contributed by atoms with Crippen LogP contribution in [-0.2, 0) is 0 Å². The molecule has 0 aliphatic rings. The van der Waals surface area contributed by atoms with Gasteiger partial charge in [0.25, 0.3) is 0 Å². The summed E-state index contributed by atoms with van der Waals surface area (Å²) in [6.07, 6.45) is 0. The molecule has 0 saturated heterocycles. The van der Waals surface area contributed by atoms with Crippen molar-refractivity contribution in [1.29, 1.82) is 0 Å². The quantitative estimate of drug-likeness (QED) is 0.497. The van der Waals surface area contributed by atoms with Crippen molar-refractivity contribution in [3.63, 3.8) is 0 Å². The zero-order valence-electron chi connectivity index (χ0n) is 7.39. The summed E-state index contributed by atoms with van der Waals surface area (Å²) in [7, 11) is 1.81. The van der Waals surface area contributed by atoms with Gasteiger partial charge in [-0.25, -0.2) is 4.39 Å². The summed E-state index contributed by atoms with van der Waals surface area (Å²) in [6.45, 7) is 0.594. The molecule has 68 valence electrons. The first-order chi connectivity index (χ1) is 6.24. The highest BCUT2D eigenvalue weighted by molar-refractivity contribution is 5.55. The third kappa shape index (κ3) is 2.77. The topological polar surface area (TPSA) is 38.0 Å². The summed E-state index contributed by atoms with van der Waals surface area (Å²) < 4.78 is 12.6. The van der Waals surface area contributed by atoms with Crippen molar-refractivity contribution in [2.24, 2.45) is 0 Å². The van der Waals surface area contributed by atoms with Gasteiger partial charge in [-0.1, -0.05) is 11.8 Å². The summed E-state index contributed by atoms with van der Waals surface area (Å²) in [5.74, 6) is 5.35. The van der Waals surface area contributed by atoms with Crippen LogP contribution in [0.1, 0.15) is 5.56 Å². The summed E-state index contributed by atoms with van der Waals surface area (Å²) in [6, 6.07) is 4.19. The molecule has 13 heavy (non-hydrogen) atoms. The van der Waals surface area contributed by atoms with Crippen molar-refractivity contribution in [2.75, 3.05) is 19.3 Å². The number of hydrogen-bond acceptors (Lipinski definition) is 2. The molecular formula is C10H11FN2. The van der Waals surface area contributed by atoms with E-state index in [9.17, 15) is 4.39 Å². The van der Waals surface area contributed by atoms with Crippen molar-refractivity contribution >= 4 is 5.69 Å². The third-order valence-corrected chi connectivity index (χ3v) is 1.50. The van der Waals surface area contributed by atoms with Crippen LogP contribution in [0.5, 0.6) is 0 Å². The normalized spacial score (nSPS) is 9.08. The molecule has 0 spiro atoms. The van der Waals surface area contributed by atoms with Gasteiger partial charge in [-0.2, -0.15) is 0 Å². The van der Waals surface area contributed by atoms with Gasteiger partial charge in [0.15, 0.2) is 0 Å². The van der Waals surface area contributed by atoms with Gasteiger partial charge in [-0.05, 0) is 25.2 Å². The molecule has 0 radical (unpaired) electrons. The smallest absolute Gasteiger partial charge is 0.125 e. The minimum atomic E-state index is -0.336. The van der Waals surface area contributed by atoms with Crippen molar-refractivity contribution in [2.45, 2.75) is 0 Å². The molecule has 0 atom stereocenters. The fourth-order valence-electron chi connectivity index (χ4n) is 0.875. The maximum atomic E-state index is 12.6. The fraction of sp³-hybridized carbons (Fsp3) is 0.200. The average molecular weight is 178 g/mol. The number of rotatable bonds is 1. The monoisotopic (exact) mass is 178 g/mol. The Bertz CT molecular complexity index is 350.